The number of hydrogen-bond donors (Lipinski definition) is 2. The van der Waals surface area contributed by atoms with E-state index in [-0.39, 0.29) is 17.7 Å². The first-order chi connectivity index (χ1) is 9.22. The maximum absolute atomic E-state index is 12.4. The van der Waals surface area contributed by atoms with E-state index in [9.17, 15) is 4.79 Å². The first kappa shape index (κ1) is 11.5. The van der Waals surface area contributed by atoms with Gasteiger partial charge in [-0.05, 0) is 6.42 Å². The molecule has 98 valence electrons. The molecule has 1 unspecified atom stereocenters. The lowest BCUT2D eigenvalue weighted by molar-refractivity contribution is 0.409. The van der Waals surface area contributed by atoms with Crippen LogP contribution in [0.3, 0.4) is 0 Å². The Kier molecular flexibility index (Phi) is 2.55. The molecular weight excluding hydrogens is 246 g/mol. The van der Waals surface area contributed by atoms with Gasteiger partial charge in [0.1, 0.15) is 6.17 Å². The van der Waals surface area contributed by atoms with Crippen LogP contribution in [0.4, 0.5) is 5.95 Å². The number of aromatic amines is 1. The van der Waals surface area contributed by atoms with Crippen molar-refractivity contribution in [2.75, 3.05) is 5.73 Å². The Labute approximate surface area is 107 Å². The van der Waals surface area contributed by atoms with E-state index in [1.54, 1.807) is 18.7 Å². The Balaban J connectivity index is 2.26. The molecule has 0 bridgehead atoms. The predicted molar refractivity (Wildman–Crippen MR) is 69.5 cm³/mol. The average Bonchev–Trinajstić information content (AvgIpc) is 3.04. The number of H-pyrrole nitrogens is 1. The second-order valence-corrected chi connectivity index (χ2v) is 4.15. The van der Waals surface area contributed by atoms with Gasteiger partial charge in [-0.3, -0.25) is 9.36 Å². The highest BCUT2D eigenvalue weighted by Gasteiger charge is 2.18. The van der Waals surface area contributed by atoms with Crippen LogP contribution in [0.25, 0.3) is 11.2 Å². The van der Waals surface area contributed by atoms with Crippen molar-refractivity contribution in [2.24, 2.45) is 0 Å². The van der Waals surface area contributed by atoms with Gasteiger partial charge in [0.2, 0.25) is 5.95 Å². The third-order valence-electron chi connectivity index (χ3n) is 3.05. The summed E-state index contributed by atoms with van der Waals surface area (Å²) in [5.74, 6) is 0.144. The quantitative estimate of drug-likeness (QED) is 0.706. The maximum atomic E-state index is 12.4. The van der Waals surface area contributed by atoms with E-state index >= 15 is 0 Å². The molecule has 0 fully saturated rings. The fourth-order valence-corrected chi connectivity index (χ4v) is 2.18. The third kappa shape index (κ3) is 1.68. The number of nitrogen functional groups attached to an aromatic ring is 1. The van der Waals surface area contributed by atoms with Crippen LogP contribution in [-0.2, 0) is 0 Å². The first-order valence-electron chi connectivity index (χ1n) is 5.91. The molecule has 0 aliphatic carbocycles. The van der Waals surface area contributed by atoms with Crippen LogP contribution in [0.5, 0.6) is 0 Å². The summed E-state index contributed by atoms with van der Waals surface area (Å²) in [6, 6.07) is 0. The van der Waals surface area contributed by atoms with Gasteiger partial charge in [-0.15, -0.1) is 0 Å². The molecule has 8 heteroatoms. The molecule has 19 heavy (non-hydrogen) atoms. The average molecular weight is 259 g/mol. The zero-order valence-electron chi connectivity index (χ0n) is 10.3. The molecule has 8 nitrogen and oxygen atoms in total. The van der Waals surface area contributed by atoms with E-state index in [0.29, 0.717) is 17.6 Å². The number of imidazole rings is 2. The van der Waals surface area contributed by atoms with Crippen LogP contribution in [0.15, 0.2) is 29.8 Å². The van der Waals surface area contributed by atoms with Crippen molar-refractivity contribution in [3.05, 3.63) is 35.4 Å². The van der Waals surface area contributed by atoms with Gasteiger partial charge in [-0.1, -0.05) is 6.92 Å². The SMILES string of the molecule is CCC(n1ccnc1)n1c(N)nc2nc[nH]c2c1=O. The fraction of sp³-hybridized carbons (Fsp3) is 0.273. The van der Waals surface area contributed by atoms with Crippen molar-refractivity contribution < 1.29 is 0 Å². The Morgan fingerprint density at radius 1 is 1.53 bits per heavy atom. The van der Waals surface area contributed by atoms with Gasteiger partial charge in [0.25, 0.3) is 5.56 Å². The molecule has 3 rings (SSSR count). The van der Waals surface area contributed by atoms with Gasteiger partial charge in [-0.25, -0.2) is 9.97 Å². The van der Waals surface area contributed by atoms with Crippen LogP contribution in [0.2, 0.25) is 0 Å². The lowest BCUT2D eigenvalue weighted by atomic mass is 10.3. The summed E-state index contributed by atoms with van der Waals surface area (Å²) in [4.78, 5) is 27.3. The number of anilines is 1. The van der Waals surface area contributed by atoms with Crippen LogP contribution in [0.1, 0.15) is 19.5 Å². The van der Waals surface area contributed by atoms with E-state index in [4.69, 9.17) is 5.73 Å². The topological polar surface area (TPSA) is 107 Å². The summed E-state index contributed by atoms with van der Waals surface area (Å²) in [7, 11) is 0. The van der Waals surface area contributed by atoms with Crippen molar-refractivity contribution in [1.82, 2.24) is 29.1 Å². The second kappa shape index (κ2) is 4.23. The van der Waals surface area contributed by atoms with Crippen LogP contribution < -0.4 is 11.3 Å². The molecule has 0 saturated carbocycles. The van der Waals surface area contributed by atoms with E-state index in [1.165, 1.54) is 10.9 Å². The highest BCUT2D eigenvalue weighted by Crippen LogP contribution is 2.16. The van der Waals surface area contributed by atoms with Gasteiger partial charge >= 0.3 is 0 Å². The first-order valence-corrected chi connectivity index (χ1v) is 5.91. The van der Waals surface area contributed by atoms with Crippen molar-refractivity contribution in [3.63, 3.8) is 0 Å². The number of aromatic nitrogens is 6. The molecule has 3 N–H and O–H groups in total. The minimum Gasteiger partial charge on any atom is -0.369 e. The molecule has 0 radical (unpaired) electrons. The van der Waals surface area contributed by atoms with Crippen molar-refractivity contribution in [2.45, 2.75) is 19.5 Å². The Bertz CT molecular complexity index is 755. The molecule has 1 atom stereocenters. The largest absolute Gasteiger partial charge is 0.369 e. The summed E-state index contributed by atoms with van der Waals surface area (Å²) in [5.41, 5.74) is 6.34. The summed E-state index contributed by atoms with van der Waals surface area (Å²) in [6.45, 7) is 1.97. The van der Waals surface area contributed by atoms with Gasteiger partial charge in [0.05, 0.1) is 12.7 Å². The summed E-state index contributed by atoms with van der Waals surface area (Å²) >= 11 is 0. The molecule has 0 aliphatic rings. The van der Waals surface area contributed by atoms with E-state index < -0.39 is 0 Å². The maximum Gasteiger partial charge on any atom is 0.282 e. The highest BCUT2D eigenvalue weighted by atomic mass is 16.1. The normalized spacial score (nSPS) is 12.9. The lowest BCUT2D eigenvalue weighted by Crippen LogP contribution is -2.31. The molecule has 0 aromatic carbocycles. The number of nitrogens with one attached hydrogen (secondary N) is 1. The zero-order valence-corrected chi connectivity index (χ0v) is 10.3. The van der Waals surface area contributed by atoms with Crippen LogP contribution in [-0.4, -0.2) is 29.1 Å². The Morgan fingerprint density at radius 2 is 2.37 bits per heavy atom. The molecule has 0 aliphatic heterocycles. The monoisotopic (exact) mass is 259 g/mol. The molecule has 0 spiro atoms. The smallest absolute Gasteiger partial charge is 0.282 e. The molecule has 3 aromatic rings. The molecule has 0 saturated heterocycles. The van der Waals surface area contributed by atoms with Crippen LogP contribution >= 0.6 is 0 Å². The minimum absolute atomic E-state index is 0.144. The standard InChI is InChI=1S/C11H13N7O/c1-2-7(17-4-3-13-6-17)18-10(19)8-9(15-5-14-8)16-11(18)12/h3-7H,2H2,1H3,(H2,12,16)(H,14,15). The second-order valence-electron chi connectivity index (χ2n) is 4.15. The zero-order chi connectivity index (χ0) is 13.4. The number of fused-ring (bicyclic) bond motifs is 1. The Morgan fingerprint density at radius 3 is 3.05 bits per heavy atom. The lowest BCUT2D eigenvalue weighted by Gasteiger charge is -2.20. The minimum atomic E-state index is -0.254. The number of nitrogens with zero attached hydrogens (tertiary/aromatic N) is 5. The third-order valence-corrected chi connectivity index (χ3v) is 3.05. The fourth-order valence-electron chi connectivity index (χ4n) is 2.18. The van der Waals surface area contributed by atoms with Crippen molar-refractivity contribution in [3.8, 4) is 0 Å². The predicted octanol–water partition coefficient (Wildman–Crippen LogP) is 0.355. The Hall–Kier alpha value is -2.64. The van der Waals surface area contributed by atoms with E-state index in [2.05, 4.69) is 19.9 Å². The van der Waals surface area contributed by atoms with E-state index in [0.717, 1.165) is 0 Å². The van der Waals surface area contributed by atoms with Crippen molar-refractivity contribution >= 4 is 17.1 Å². The summed E-state index contributed by atoms with van der Waals surface area (Å²) < 4.78 is 3.27. The number of hydrogen-bond acceptors (Lipinski definition) is 5. The van der Waals surface area contributed by atoms with Crippen LogP contribution in [0, 0.1) is 0 Å². The summed E-state index contributed by atoms with van der Waals surface area (Å²) in [6.07, 6.45) is 6.96. The van der Waals surface area contributed by atoms with Gasteiger partial charge in [0, 0.05) is 12.4 Å². The van der Waals surface area contributed by atoms with Crippen molar-refractivity contribution in [1.29, 1.82) is 0 Å². The molecule has 0 amide bonds. The highest BCUT2D eigenvalue weighted by molar-refractivity contribution is 5.69. The summed E-state index contributed by atoms with van der Waals surface area (Å²) in [5, 5.41) is 0. The number of nitrogens with two attached hydrogens (primary N) is 1. The molecule has 3 aromatic heterocycles. The number of rotatable bonds is 3. The van der Waals surface area contributed by atoms with Gasteiger partial charge in [0.15, 0.2) is 11.2 Å². The molecular formula is C11H13N7O. The van der Waals surface area contributed by atoms with Gasteiger partial charge in [-0.2, -0.15) is 4.98 Å². The molecule has 3 heterocycles. The van der Waals surface area contributed by atoms with E-state index in [1.807, 2.05) is 11.5 Å². The van der Waals surface area contributed by atoms with Gasteiger partial charge < -0.3 is 15.3 Å².